The highest BCUT2D eigenvalue weighted by molar-refractivity contribution is 5.87. The number of nitrogens with zero attached hydrogens (tertiary/aromatic N) is 1. The monoisotopic (exact) mass is 485 g/mol. The lowest BCUT2D eigenvalue weighted by Gasteiger charge is -2.22. The van der Waals surface area contributed by atoms with Crippen molar-refractivity contribution in [1.82, 2.24) is 4.90 Å². The Balaban J connectivity index is 1.53. The van der Waals surface area contributed by atoms with Crippen LogP contribution < -0.4 is 0 Å². The predicted molar refractivity (Wildman–Crippen MR) is 130 cm³/mol. The van der Waals surface area contributed by atoms with Gasteiger partial charge in [0, 0.05) is 13.0 Å². The van der Waals surface area contributed by atoms with E-state index in [9.17, 15) is 23.5 Å². The molecule has 0 radical (unpaired) electrons. The molecule has 0 aliphatic carbocycles. The van der Waals surface area contributed by atoms with Crippen LogP contribution in [0.4, 0.5) is 8.78 Å². The number of alkyl halides is 2. The van der Waals surface area contributed by atoms with E-state index in [4.69, 9.17) is 5.11 Å². The number of hydrogen-bond donors (Lipinski definition) is 2. The molecule has 0 bridgehead atoms. The maximum absolute atomic E-state index is 14.2. The molecule has 0 unspecified atom stereocenters. The van der Waals surface area contributed by atoms with Crippen LogP contribution in [-0.4, -0.2) is 51.6 Å². The van der Waals surface area contributed by atoms with E-state index in [0.29, 0.717) is 12.8 Å². The van der Waals surface area contributed by atoms with Crippen LogP contribution in [0.3, 0.4) is 0 Å². The number of halogens is 2. The minimum atomic E-state index is -3.43. The molecular weight excluding hydrogens is 452 g/mol. The van der Waals surface area contributed by atoms with Crippen molar-refractivity contribution in [2.45, 2.75) is 63.5 Å². The molecule has 0 spiro atoms. The predicted octanol–water partition coefficient (Wildman–Crippen LogP) is 5.13. The number of likely N-dealkylation sites (tertiary alicyclic amines) is 1. The zero-order valence-corrected chi connectivity index (χ0v) is 19.9. The van der Waals surface area contributed by atoms with E-state index in [-0.39, 0.29) is 18.0 Å². The molecule has 1 saturated heterocycles. The minimum absolute atomic E-state index is 0.0393. The number of aromatic carboxylic acids is 1. The number of aryl methyl sites for hydroxylation is 2. The average Bonchev–Trinajstić information content (AvgIpc) is 3.06. The number of aliphatic hydroxyl groups is 1. The van der Waals surface area contributed by atoms with E-state index in [1.54, 1.807) is 18.2 Å². The van der Waals surface area contributed by atoms with Crippen LogP contribution >= 0.6 is 0 Å². The number of rotatable bonds is 12. The summed E-state index contributed by atoms with van der Waals surface area (Å²) >= 11 is 0. The third kappa shape index (κ3) is 7.46. The molecule has 1 amide bonds. The highest BCUT2D eigenvalue weighted by Gasteiger charge is 2.52. The summed E-state index contributed by atoms with van der Waals surface area (Å²) in [6, 6.07) is 15.8. The molecule has 2 aromatic carbocycles. The quantitative estimate of drug-likeness (QED) is 0.409. The molecule has 188 valence electrons. The molecule has 1 aliphatic heterocycles. The maximum Gasteiger partial charge on any atom is 0.335 e. The van der Waals surface area contributed by atoms with Crippen molar-refractivity contribution in [3.05, 3.63) is 83.4 Å². The van der Waals surface area contributed by atoms with Crippen LogP contribution in [0.1, 0.15) is 54.1 Å². The fourth-order valence-electron chi connectivity index (χ4n) is 4.45. The van der Waals surface area contributed by atoms with Crippen molar-refractivity contribution in [3.63, 3.8) is 0 Å². The van der Waals surface area contributed by atoms with Gasteiger partial charge in [0.2, 0.25) is 0 Å². The lowest BCUT2D eigenvalue weighted by Crippen LogP contribution is -2.37. The third-order valence-electron chi connectivity index (χ3n) is 6.56. The van der Waals surface area contributed by atoms with Crippen molar-refractivity contribution in [2.24, 2.45) is 5.92 Å². The summed E-state index contributed by atoms with van der Waals surface area (Å²) < 4.78 is 28.4. The molecule has 35 heavy (non-hydrogen) atoms. The number of carboxylic acid groups (broad SMARTS) is 1. The Labute approximate surface area is 205 Å². The number of amides is 1. The summed E-state index contributed by atoms with van der Waals surface area (Å²) in [7, 11) is 0. The Morgan fingerprint density at radius 3 is 2.51 bits per heavy atom. The van der Waals surface area contributed by atoms with E-state index >= 15 is 0 Å². The Kier molecular flexibility index (Phi) is 9.15. The molecule has 1 fully saturated rings. The van der Waals surface area contributed by atoms with Gasteiger partial charge < -0.3 is 15.1 Å². The van der Waals surface area contributed by atoms with Crippen LogP contribution in [0.25, 0.3) is 0 Å². The summed E-state index contributed by atoms with van der Waals surface area (Å²) in [6.45, 7) is 2.06. The van der Waals surface area contributed by atoms with E-state index in [1.165, 1.54) is 28.7 Å². The van der Waals surface area contributed by atoms with Gasteiger partial charge in [-0.2, -0.15) is 8.78 Å². The zero-order chi connectivity index (χ0) is 25.4. The first-order valence-corrected chi connectivity index (χ1v) is 12.1. The van der Waals surface area contributed by atoms with E-state index in [2.05, 4.69) is 12.1 Å². The van der Waals surface area contributed by atoms with Gasteiger partial charge in [-0.3, -0.25) is 4.79 Å². The van der Waals surface area contributed by atoms with Crippen molar-refractivity contribution in [2.75, 3.05) is 6.54 Å². The van der Waals surface area contributed by atoms with Gasteiger partial charge in [0.1, 0.15) is 0 Å². The summed E-state index contributed by atoms with van der Waals surface area (Å²) in [6.07, 6.45) is 5.18. The van der Waals surface area contributed by atoms with Crippen LogP contribution in [-0.2, 0) is 17.6 Å². The number of carbonyl (C=O) groups is 2. The Morgan fingerprint density at radius 1 is 1.11 bits per heavy atom. The van der Waals surface area contributed by atoms with Crippen LogP contribution in [0.15, 0.2) is 66.7 Å². The Bertz CT molecular complexity index is 1020. The highest BCUT2D eigenvalue weighted by Crippen LogP contribution is 2.34. The fraction of sp³-hybridized carbons (Fsp3) is 0.429. The zero-order valence-electron chi connectivity index (χ0n) is 19.9. The second-order valence-electron chi connectivity index (χ2n) is 9.31. The maximum atomic E-state index is 14.2. The number of benzene rings is 2. The minimum Gasteiger partial charge on any atom is -0.478 e. The van der Waals surface area contributed by atoms with E-state index < -0.39 is 36.4 Å². The standard InChI is InChI=1S/C28H33F2NO4/c1-20(8-5-11-21-9-3-2-4-10-21)25(32)16-15-24-19-28(29,30)27(35)31(24)17-7-13-22-12-6-14-23(18-22)26(33)34/h2-4,6,9-10,12,14-16,18,20,24-25,32H,5,7-8,11,13,17,19H2,1H3,(H,33,34)/b16-15+/t20-,24-,25+/m0/s1. The first-order chi connectivity index (χ1) is 16.7. The van der Waals surface area contributed by atoms with Crippen molar-refractivity contribution >= 4 is 11.9 Å². The van der Waals surface area contributed by atoms with Gasteiger partial charge in [-0.15, -0.1) is 0 Å². The van der Waals surface area contributed by atoms with Crippen molar-refractivity contribution in [1.29, 1.82) is 0 Å². The summed E-state index contributed by atoms with van der Waals surface area (Å²) in [5, 5.41) is 19.6. The Hall–Kier alpha value is -3.06. The van der Waals surface area contributed by atoms with Crippen LogP contribution in [0.2, 0.25) is 0 Å². The van der Waals surface area contributed by atoms with Gasteiger partial charge in [0.05, 0.1) is 17.7 Å². The normalized spacial score (nSPS) is 19.3. The number of carbonyl (C=O) groups excluding carboxylic acids is 1. The molecule has 5 nitrogen and oxygen atoms in total. The molecule has 2 N–H and O–H groups in total. The van der Waals surface area contributed by atoms with Gasteiger partial charge >= 0.3 is 11.9 Å². The molecule has 0 aromatic heterocycles. The van der Waals surface area contributed by atoms with Gasteiger partial charge in [0.15, 0.2) is 0 Å². The fourth-order valence-corrected chi connectivity index (χ4v) is 4.45. The second kappa shape index (κ2) is 12.1. The van der Waals surface area contributed by atoms with Gasteiger partial charge in [-0.05, 0) is 61.3 Å². The highest BCUT2D eigenvalue weighted by atomic mass is 19.3. The lowest BCUT2D eigenvalue weighted by molar-refractivity contribution is -0.148. The molecule has 2 aromatic rings. The third-order valence-corrected chi connectivity index (χ3v) is 6.56. The molecule has 0 saturated carbocycles. The van der Waals surface area contributed by atoms with E-state index in [1.807, 2.05) is 25.1 Å². The molecule has 3 rings (SSSR count). The largest absolute Gasteiger partial charge is 0.478 e. The summed E-state index contributed by atoms with van der Waals surface area (Å²) in [4.78, 5) is 24.6. The SMILES string of the molecule is C[C@@H](CCCc1ccccc1)[C@H](O)/C=C/[C@H]1CC(F)(F)C(=O)N1CCCc1cccc(C(=O)O)c1. The topological polar surface area (TPSA) is 77.8 Å². The summed E-state index contributed by atoms with van der Waals surface area (Å²) in [5.74, 6) is -5.69. The molecule has 3 atom stereocenters. The molecule has 1 aliphatic rings. The van der Waals surface area contributed by atoms with Crippen molar-refractivity contribution < 1.29 is 28.6 Å². The second-order valence-corrected chi connectivity index (χ2v) is 9.31. The lowest BCUT2D eigenvalue weighted by atomic mass is 9.95. The molecule has 1 heterocycles. The van der Waals surface area contributed by atoms with Gasteiger partial charge in [0.25, 0.3) is 5.91 Å². The smallest absolute Gasteiger partial charge is 0.335 e. The average molecular weight is 486 g/mol. The molecule has 7 heteroatoms. The van der Waals surface area contributed by atoms with Crippen LogP contribution in [0.5, 0.6) is 0 Å². The van der Waals surface area contributed by atoms with Gasteiger partial charge in [-0.1, -0.05) is 61.5 Å². The first kappa shape index (κ1) is 26.5. The van der Waals surface area contributed by atoms with E-state index in [0.717, 1.165) is 24.8 Å². The number of aliphatic hydroxyl groups excluding tert-OH is 1. The number of hydrogen-bond acceptors (Lipinski definition) is 3. The summed E-state index contributed by atoms with van der Waals surface area (Å²) in [5.41, 5.74) is 2.18. The van der Waals surface area contributed by atoms with Crippen molar-refractivity contribution in [3.8, 4) is 0 Å². The molecular formula is C28H33F2NO4. The van der Waals surface area contributed by atoms with Gasteiger partial charge in [-0.25, -0.2) is 4.79 Å². The Morgan fingerprint density at radius 2 is 1.80 bits per heavy atom. The first-order valence-electron chi connectivity index (χ1n) is 12.1. The number of carboxylic acids is 1. The van der Waals surface area contributed by atoms with Crippen LogP contribution in [0, 0.1) is 5.92 Å².